The van der Waals surface area contributed by atoms with Gasteiger partial charge in [-0.1, -0.05) is 59.2 Å². The topological polar surface area (TPSA) is 67.6 Å². The Kier molecular flexibility index (Phi) is 6.24. The molecule has 2 heterocycles. The first-order valence-corrected chi connectivity index (χ1v) is 9.96. The van der Waals surface area contributed by atoms with Gasteiger partial charge in [0.1, 0.15) is 0 Å². The predicted molar refractivity (Wildman–Crippen MR) is 111 cm³/mol. The number of morpholine rings is 1. The molecular formula is C22H22ClN3O3. The Morgan fingerprint density at radius 2 is 1.83 bits per heavy atom. The van der Waals surface area contributed by atoms with E-state index in [4.69, 9.17) is 20.9 Å². The second-order valence-electron chi connectivity index (χ2n) is 6.87. The molecule has 1 aliphatic heterocycles. The van der Waals surface area contributed by atoms with Crippen LogP contribution in [0.15, 0.2) is 65.2 Å². The predicted octanol–water partition coefficient (Wildman–Crippen LogP) is 3.80. The largest absolute Gasteiger partial charge is 0.379 e. The van der Waals surface area contributed by atoms with Gasteiger partial charge in [-0.05, 0) is 17.7 Å². The molecule has 1 saturated heterocycles. The highest BCUT2D eigenvalue weighted by molar-refractivity contribution is 6.30. The van der Waals surface area contributed by atoms with Crippen LogP contribution in [0.5, 0.6) is 0 Å². The summed E-state index contributed by atoms with van der Waals surface area (Å²) in [5.74, 6) is 0.307. The number of carbonyl (C=O) groups excluding carboxylic acids is 1. The van der Waals surface area contributed by atoms with Gasteiger partial charge in [-0.25, -0.2) is 0 Å². The first kappa shape index (κ1) is 19.6. The number of hydrogen-bond acceptors (Lipinski definition) is 5. The van der Waals surface area contributed by atoms with E-state index in [2.05, 4.69) is 15.4 Å². The molecule has 1 N–H and O–H groups in total. The lowest BCUT2D eigenvalue weighted by Crippen LogP contribution is -2.43. The number of aromatic nitrogens is 1. The zero-order valence-electron chi connectivity index (χ0n) is 15.9. The average Bonchev–Trinajstić information content (AvgIpc) is 3.27. The Hall–Kier alpha value is -2.67. The second kappa shape index (κ2) is 9.22. The Bertz CT molecular complexity index is 937. The maximum atomic E-state index is 12.7. The summed E-state index contributed by atoms with van der Waals surface area (Å²) in [5, 5.41) is 7.62. The van der Waals surface area contributed by atoms with Gasteiger partial charge >= 0.3 is 0 Å². The van der Waals surface area contributed by atoms with Crippen molar-refractivity contribution in [1.82, 2.24) is 15.4 Å². The zero-order valence-corrected chi connectivity index (χ0v) is 16.6. The molecule has 0 unspecified atom stereocenters. The number of hydrogen-bond donors (Lipinski definition) is 1. The number of nitrogens with one attached hydrogen (secondary N) is 1. The lowest BCUT2D eigenvalue weighted by atomic mass is 10.0. The normalized spacial score (nSPS) is 15.8. The fourth-order valence-electron chi connectivity index (χ4n) is 3.43. The van der Waals surface area contributed by atoms with E-state index in [-0.39, 0.29) is 17.6 Å². The number of ether oxygens (including phenoxy) is 1. The number of benzene rings is 2. The van der Waals surface area contributed by atoms with Gasteiger partial charge in [0.25, 0.3) is 5.91 Å². The standard InChI is InChI=1S/C22H22ClN3O3/c23-18-8-6-16(7-9-18)20(26-10-12-28-13-11-26)15-24-22(27)19-14-21(29-25-19)17-4-2-1-3-5-17/h1-9,14,20H,10-13,15H2,(H,24,27)/t20-/m0/s1. The van der Waals surface area contributed by atoms with Crippen molar-refractivity contribution >= 4 is 17.5 Å². The van der Waals surface area contributed by atoms with Crippen molar-refractivity contribution in [1.29, 1.82) is 0 Å². The Balaban J connectivity index is 1.46. The number of halogens is 1. The second-order valence-corrected chi connectivity index (χ2v) is 7.30. The summed E-state index contributed by atoms with van der Waals surface area (Å²) in [6.07, 6.45) is 0. The summed E-state index contributed by atoms with van der Waals surface area (Å²) < 4.78 is 10.8. The molecule has 3 aromatic rings. The molecule has 1 aromatic heterocycles. The molecule has 6 nitrogen and oxygen atoms in total. The monoisotopic (exact) mass is 411 g/mol. The maximum Gasteiger partial charge on any atom is 0.273 e. The molecule has 1 fully saturated rings. The molecule has 0 aliphatic carbocycles. The van der Waals surface area contributed by atoms with E-state index in [9.17, 15) is 4.79 Å². The van der Waals surface area contributed by atoms with Gasteiger partial charge < -0.3 is 14.6 Å². The van der Waals surface area contributed by atoms with Crippen molar-refractivity contribution < 1.29 is 14.1 Å². The quantitative estimate of drug-likeness (QED) is 0.668. The maximum absolute atomic E-state index is 12.7. The van der Waals surface area contributed by atoms with Gasteiger partial charge in [-0.3, -0.25) is 9.69 Å². The highest BCUT2D eigenvalue weighted by Crippen LogP contribution is 2.24. The van der Waals surface area contributed by atoms with Crippen molar-refractivity contribution in [3.8, 4) is 11.3 Å². The average molecular weight is 412 g/mol. The molecule has 0 radical (unpaired) electrons. The van der Waals surface area contributed by atoms with E-state index in [1.165, 1.54) is 0 Å². The van der Waals surface area contributed by atoms with Gasteiger partial charge in [0, 0.05) is 36.3 Å². The Morgan fingerprint density at radius 3 is 2.55 bits per heavy atom. The van der Waals surface area contributed by atoms with E-state index in [1.54, 1.807) is 6.07 Å². The summed E-state index contributed by atoms with van der Waals surface area (Å²) in [5.41, 5.74) is 2.24. The molecule has 7 heteroatoms. The lowest BCUT2D eigenvalue weighted by molar-refractivity contribution is 0.0162. The summed E-state index contributed by atoms with van der Waals surface area (Å²) in [7, 11) is 0. The van der Waals surface area contributed by atoms with Crippen LogP contribution < -0.4 is 5.32 Å². The molecule has 0 bridgehead atoms. The third-order valence-electron chi connectivity index (χ3n) is 5.00. The van der Waals surface area contributed by atoms with E-state index in [0.29, 0.717) is 30.5 Å². The fourth-order valence-corrected chi connectivity index (χ4v) is 3.56. The minimum atomic E-state index is -0.261. The van der Waals surface area contributed by atoms with Gasteiger partial charge in [0.15, 0.2) is 11.5 Å². The number of rotatable bonds is 6. The van der Waals surface area contributed by atoms with Crippen LogP contribution in [0, 0.1) is 0 Å². The van der Waals surface area contributed by atoms with Crippen LogP contribution in [0.2, 0.25) is 5.02 Å². The summed E-state index contributed by atoms with van der Waals surface area (Å²) >= 11 is 6.04. The molecule has 1 atom stereocenters. The third-order valence-corrected chi connectivity index (χ3v) is 5.25. The Morgan fingerprint density at radius 1 is 1.10 bits per heavy atom. The number of amides is 1. The van der Waals surface area contributed by atoms with Crippen LogP contribution in [0.3, 0.4) is 0 Å². The minimum absolute atomic E-state index is 0.0283. The van der Waals surface area contributed by atoms with Gasteiger partial charge in [0.2, 0.25) is 0 Å². The molecule has 0 saturated carbocycles. The number of carbonyl (C=O) groups is 1. The molecule has 4 rings (SSSR count). The first-order valence-electron chi connectivity index (χ1n) is 9.58. The van der Waals surface area contributed by atoms with E-state index >= 15 is 0 Å². The Labute approximate surface area is 174 Å². The molecule has 1 aliphatic rings. The zero-order chi connectivity index (χ0) is 20.1. The van der Waals surface area contributed by atoms with Crippen molar-refractivity contribution in [2.45, 2.75) is 6.04 Å². The van der Waals surface area contributed by atoms with Crippen molar-refractivity contribution in [3.05, 3.63) is 76.9 Å². The summed E-state index contributed by atoms with van der Waals surface area (Å²) in [6.45, 7) is 3.44. The van der Waals surface area contributed by atoms with Crippen LogP contribution in [0.1, 0.15) is 22.1 Å². The highest BCUT2D eigenvalue weighted by atomic mass is 35.5. The molecule has 2 aromatic carbocycles. The van der Waals surface area contributed by atoms with Gasteiger partial charge in [-0.2, -0.15) is 0 Å². The number of nitrogens with zero attached hydrogens (tertiary/aromatic N) is 2. The molecule has 1 amide bonds. The van der Waals surface area contributed by atoms with Crippen molar-refractivity contribution in [2.75, 3.05) is 32.8 Å². The van der Waals surface area contributed by atoms with E-state index in [0.717, 1.165) is 24.2 Å². The van der Waals surface area contributed by atoms with Crippen LogP contribution in [-0.4, -0.2) is 48.8 Å². The molecule has 0 spiro atoms. The summed E-state index contributed by atoms with van der Waals surface area (Å²) in [4.78, 5) is 15.0. The third kappa shape index (κ3) is 4.85. The van der Waals surface area contributed by atoms with Crippen LogP contribution >= 0.6 is 11.6 Å². The lowest BCUT2D eigenvalue weighted by Gasteiger charge is -2.34. The van der Waals surface area contributed by atoms with Crippen LogP contribution in [-0.2, 0) is 4.74 Å². The highest BCUT2D eigenvalue weighted by Gasteiger charge is 2.24. The van der Waals surface area contributed by atoms with Gasteiger partial charge in [0.05, 0.1) is 19.3 Å². The van der Waals surface area contributed by atoms with E-state index in [1.807, 2.05) is 54.6 Å². The minimum Gasteiger partial charge on any atom is -0.379 e. The smallest absolute Gasteiger partial charge is 0.273 e. The SMILES string of the molecule is O=C(NC[C@@H](c1ccc(Cl)cc1)N1CCOCC1)c1cc(-c2ccccc2)on1. The summed E-state index contributed by atoms with van der Waals surface area (Å²) in [6, 6.07) is 19.0. The molecular weight excluding hydrogens is 390 g/mol. The van der Waals surface area contributed by atoms with Crippen molar-refractivity contribution in [2.24, 2.45) is 0 Å². The first-order chi connectivity index (χ1) is 14.2. The van der Waals surface area contributed by atoms with Crippen molar-refractivity contribution in [3.63, 3.8) is 0 Å². The van der Waals surface area contributed by atoms with Crippen LogP contribution in [0.4, 0.5) is 0 Å². The fraction of sp³-hybridized carbons (Fsp3) is 0.273. The molecule has 29 heavy (non-hydrogen) atoms. The van der Waals surface area contributed by atoms with Gasteiger partial charge in [-0.15, -0.1) is 0 Å². The molecule has 150 valence electrons. The van der Waals surface area contributed by atoms with E-state index < -0.39 is 0 Å². The van der Waals surface area contributed by atoms with Crippen LogP contribution in [0.25, 0.3) is 11.3 Å².